The van der Waals surface area contributed by atoms with Crippen LogP contribution in [0.5, 0.6) is 0 Å². The Kier molecular flexibility index (Phi) is 3.57. The molecule has 5 nitrogen and oxygen atoms in total. The summed E-state index contributed by atoms with van der Waals surface area (Å²) in [6, 6.07) is 5.17. The van der Waals surface area contributed by atoms with Gasteiger partial charge in [0, 0.05) is 17.8 Å². The highest BCUT2D eigenvalue weighted by Gasteiger charge is 2.08. The molecule has 2 rings (SSSR count). The van der Waals surface area contributed by atoms with E-state index in [2.05, 4.69) is 4.98 Å². The minimum Gasteiger partial charge on any atom is -0.389 e. The van der Waals surface area contributed by atoms with Gasteiger partial charge in [-0.05, 0) is 23.8 Å². The molecule has 0 saturated carbocycles. The molecule has 1 aromatic carbocycles. The van der Waals surface area contributed by atoms with Crippen molar-refractivity contribution in [2.24, 2.45) is 5.73 Å². The van der Waals surface area contributed by atoms with Crippen LogP contribution in [0.25, 0.3) is 0 Å². The summed E-state index contributed by atoms with van der Waals surface area (Å²) < 4.78 is 14.5. The van der Waals surface area contributed by atoms with Crippen LogP contribution in [0.1, 0.15) is 11.1 Å². The number of rotatable bonds is 3. The molecule has 19 heavy (non-hydrogen) atoms. The fourth-order valence-corrected chi connectivity index (χ4v) is 1.88. The van der Waals surface area contributed by atoms with Crippen LogP contribution in [-0.2, 0) is 6.54 Å². The Morgan fingerprint density at radius 2 is 2.11 bits per heavy atom. The fourth-order valence-electron chi connectivity index (χ4n) is 1.69. The third-order valence-electron chi connectivity index (χ3n) is 2.57. The topological polar surface area (TPSA) is 80.9 Å². The van der Waals surface area contributed by atoms with Gasteiger partial charge in [0.2, 0.25) is 0 Å². The first kappa shape index (κ1) is 13.2. The van der Waals surface area contributed by atoms with Crippen LogP contribution in [0.15, 0.2) is 40.1 Å². The van der Waals surface area contributed by atoms with E-state index in [4.69, 9.17) is 18.0 Å². The molecule has 0 amide bonds. The largest absolute Gasteiger partial charge is 0.389 e. The van der Waals surface area contributed by atoms with E-state index in [0.29, 0.717) is 11.1 Å². The number of benzene rings is 1. The molecule has 0 aliphatic heterocycles. The van der Waals surface area contributed by atoms with E-state index >= 15 is 0 Å². The van der Waals surface area contributed by atoms with Crippen molar-refractivity contribution >= 4 is 17.2 Å². The van der Waals surface area contributed by atoms with Crippen LogP contribution < -0.4 is 17.0 Å². The number of aromatic amines is 1. The van der Waals surface area contributed by atoms with Crippen molar-refractivity contribution in [2.45, 2.75) is 6.54 Å². The second-order valence-electron chi connectivity index (χ2n) is 3.90. The van der Waals surface area contributed by atoms with Crippen molar-refractivity contribution in [3.8, 4) is 0 Å². The molecule has 98 valence electrons. The number of hydrogen-bond acceptors (Lipinski definition) is 3. The molecule has 7 heteroatoms. The van der Waals surface area contributed by atoms with Gasteiger partial charge < -0.3 is 5.73 Å². The normalized spacial score (nSPS) is 10.4. The Morgan fingerprint density at radius 1 is 1.37 bits per heavy atom. The van der Waals surface area contributed by atoms with Crippen molar-refractivity contribution in [3.05, 3.63) is 68.2 Å². The highest BCUT2D eigenvalue weighted by Crippen LogP contribution is 2.12. The van der Waals surface area contributed by atoms with Crippen molar-refractivity contribution < 1.29 is 4.39 Å². The number of hydrogen-bond donors (Lipinski definition) is 2. The van der Waals surface area contributed by atoms with Crippen LogP contribution in [0.2, 0.25) is 0 Å². The van der Waals surface area contributed by atoms with Crippen molar-refractivity contribution in [3.63, 3.8) is 0 Å². The van der Waals surface area contributed by atoms with Gasteiger partial charge in [-0.2, -0.15) is 0 Å². The average Bonchev–Trinajstić information content (AvgIpc) is 2.32. The summed E-state index contributed by atoms with van der Waals surface area (Å²) in [5.74, 6) is -0.451. The minimum absolute atomic E-state index is 0.0695. The number of nitrogens with two attached hydrogens (primary N) is 1. The number of aromatic nitrogens is 2. The molecule has 0 saturated heterocycles. The highest BCUT2D eigenvalue weighted by atomic mass is 32.1. The van der Waals surface area contributed by atoms with Crippen LogP contribution in [0.3, 0.4) is 0 Å². The van der Waals surface area contributed by atoms with Gasteiger partial charge in [-0.1, -0.05) is 12.2 Å². The zero-order valence-corrected chi connectivity index (χ0v) is 10.5. The Morgan fingerprint density at radius 3 is 2.74 bits per heavy atom. The fraction of sp³-hybridized carbons (Fsp3) is 0.0833. The first-order valence-corrected chi connectivity index (χ1v) is 5.76. The molecule has 0 aliphatic rings. The number of thiocarbonyl (C=S) groups is 1. The summed E-state index contributed by atoms with van der Waals surface area (Å²) in [5, 5.41) is 0. The second-order valence-corrected chi connectivity index (χ2v) is 4.34. The third-order valence-corrected chi connectivity index (χ3v) is 2.79. The summed E-state index contributed by atoms with van der Waals surface area (Å²) >= 11 is 4.87. The number of H-pyrrole nitrogens is 1. The molecular weight excluding hydrogens is 269 g/mol. The molecule has 1 aromatic heterocycles. The number of halogens is 1. The highest BCUT2D eigenvalue weighted by molar-refractivity contribution is 7.80. The lowest BCUT2D eigenvalue weighted by atomic mass is 10.1. The van der Waals surface area contributed by atoms with Gasteiger partial charge in [-0.15, -0.1) is 0 Å². The van der Waals surface area contributed by atoms with Gasteiger partial charge in [0.05, 0.1) is 6.54 Å². The molecule has 2 aromatic rings. The van der Waals surface area contributed by atoms with Gasteiger partial charge >= 0.3 is 5.69 Å². The molecule has 0 radical (unpaired) electrons. The number of nitrogens with one attached hydrogen (secondary N) is 1. The second kappa shape index (κ2) is 5.15. The Balaban J connectivity index is 2.48. The third kappa shape index (κ3) is 2.94. The van der Waals surface area contributed by atoms with E-state index in [1.807, 2.05) is 0 Å². The van der Waals surface area contributed by atoms with Crippen LogP contribution in [0.4, 0.5) is 4.39 Å². The zero-order valence-electron chi connectivity index (χ0n) is 9.72. The maximum Gasteiger partial charge on any atom is 0.328 e. The van der Waals surface area contributed by atoms with Crippen molar-refractivity contribution in [1.82, 2.24) is 9.55 Å². The molecule has 1 heterocycles. The van der Waals surface area contributed by atoms with E-state index < -0.39 is 17.1 Å². The zero-order chi connectivity index (χ0) is 14.0. The monoisotopic (exact) mass is 279 g/mol. The molecule has 0 aliphatic carbocycles. The lowest BCUT2D eigenvalue weighted by Crippen LogP contribution is -2.29. The molecule has 3 N–H and O–H groups in total. The summed E-state index contributed by atoms with van der Waals surface area (Å²) in [6.07, 6.45) is 1.33. The van der Waals surface area contributed by atoms with Gasteiger partial charge in [-0.25, -0.2) is 9.18 Å². The Hall–Kier alpha value is -2.28. The van der Waals surface area contributed by atoms with E-state index in [9.17, 15) is 14.0 Å². The van der Waals surface area contributed by atoms with E-state index in [-0.39, 0.29) is 11.5 Å². The quantitative estimate of drug-likeness (QED) is 0.795. The molecular formula is C12H10FN3O2S. The van der Waals surface area contributed by atoms with E-state index in [0.717, 1.165) is 0 Å². The first-order chi connectivity index (χ1) is 8.97. The standard InChI is InChI=1S/C12H10FN3O2S/c13-8-1-2-9(11(14)19)7(5-8)6-16-4-3-10(17)15-12(16)18/h1-5H,6H2,(H2,14,19)(H,15,17,18). The SMILES string of the molecule is NC(=S)c1ccc(F)cc1Cn1ccc(=O)[nH]c1=O. The summed E-state index contributed by atoms with van der Waals surface area (Å²) in [6.45, 7) is 0.0695. The lowest BCUT2D eigenvalue weighted by molar-refractivity contribution is 0.621. The average molecular weight is 279 g/mol. The smallest absolute Gasteiger partial charge is 0.328 e. The molecule has 0 fully saturated rings. The Labute approximate surface area is 112 Å². The predicted octanol–water partition coefficient (Wildman–Crippen LogP) is 0.358. The first-order valence-electron chi connectivity index (χ1n) is 5.35. The van der Waals surface area contributed by atoms with Gasteiger partial charge in [-0.3, -0.25) is 14.3 Å². The summed E-state index contributed by atoms with van der Waals surface area (Å²) in [7, 11) is 0. The Bertz CT molecular complexity index is 751. The van der Waals surface area contributed by atoms with Crippen molar-refractivity contribution in [2.75, 3.05) is 0 Å². The molecule has 0 unspecified atom stereocenters. The molecule has 0 bridgehead atoms. The van der Waals surface area contributed by atoms with Crippen LogP contribution in [0, 0.1) is 5.82 Å². The minimum atomic E-state index is -0.578. The summed E-state index contributed by atoms with van der Waals surface area (Å²) in [4.78, 5) is 24.7. The lowest BCUT2D eigenvalue weighted by Gasteiger charge is -2.10. The van der Waals surface area contributed by atoms with Gasteiger partial charge in [0.15, 0.2) is 0 Å². The van der Waals surface area contributed by atoms with Gasteiger partial charge in [0.1, 0.15) is 10.8 Å². The maximum atomic E-state index is 13.2. The number of nitrogens with zero attached hydrogens (tertiary/aromatic N) is 1. The maximum absolute atomic E-state index is 13.2. The van der Waals surface area contributed by atoms with Crippen molar-refractivity contribution in [1.29, 1.82) is 0 Å². The molecule has 0 spiro atoms. The van der Waals surface area contributed by atoms with Gasteiger partial charge in [0.25, 0.3) is 5.56 Å². The van der Waals surface area contributed by atoms with E-state index in [1.165, 1.54) is 35.0 Å². The van der Waals surface area contributed by atoms with Crippen LogP contribution in [-0.4, -0.2) is 14.5 Å². The summed E-state index contributed by atoms with van der Waals surface area (Å²) in [5.41, 5.74) is 5.44. The predicted molar refractivity (Wildman–Crippen MR) is 72.7 cm³/mol. The van der Waals surface area contributed by atoms with Crippen LogP contribution >= 0.6 is 12.2 Å². The molecule has 0 atom stereocenters. The van der Waals surface area contributed by atoms with E-state index in [1.54, 1.807) is 0 Å².